The molecule has 0 aliphatic heterocycles. The Bertz CT molecular complexity index is 1360. The van der Waals surface area contributed by atoms with Gasteiger partial charge in [0.1, 0.15) is 18.3 Å². The lowest BCUT2D eigenvalue weighted by atomic mass is 10.1. The molecule has 3 rings (SSSR count). The molecule has 0 heterocycles. The highest BCUT2D eigenvalue weighted by atomic mass is 32.2. The average molecular weight is 552 g/mol. The molecule has 39 heavy (non-hydrogen) atoms. The number of nitrogens with zero attached hydrogens (tertiary/aromatic N) is 2. The van der Waals surface area contributed by atoms with Gasteiger partial charge < -0.3 is 15.0 Å². The second-order valence-electron chi connectivity index (χ2n) is 9.50. The minimum absolute atomic E-state index is 0.0805. The lowest BCUT2D eigenvalue weighted by Crippen LogP contribution is -2.51. The molecule has 1 atom stereocenters. The minimum atomic E-state index is -4.09. The van der Waals surface area contributed by atoms with Crippen LogP contribution >= 0.6 is 0 Å². The van der Waals surface area contributed by atoms with Crippen molar-refractivity contribution in [3.63, 3.8) is 0 Å². The molecule has 208 valence electrons. The van der Waals surface area contributed by atoms with E-state index in [1.165, 1.54) is 17.0 Å². The first-order valence-electron chi connectivity index (χ1n) is 12.9. The van der Waals surface area contributed by atoms with Crippen LogP contribution in [-0.4, -0.2) is 51.4 Å². The zero-order valence-corrected chi connectivity index (χ0v) is 24.0. The van der Waals surface area contributed by atoms with Gasteiger partial charge in [0, 0.05) is 13.1 Å². The first-order chi connectivity index (χ1) is 18.6. The molecular weight excluding hydrogens is 514 g/mol. The maximum atomic E-state index is 13.9. The van der Waals surface area contributed by atoms with Crippen LogP contribution in [0.2, 0.25) is 0 Å². The van der Waals surface area contributed by atoms with Crippen LogP contribution in [0.5, 0.6) is 5.75 Å². The molecule has 3 aromatic rings. The van der Waals surface area contributed by atoms with Gasteiger partial charge in [0.25, 0.3) is 10.0 Å². The van der Waals surface area contributed by atoms with E-state index in [1.54, 1.807) is 62.6 Å². The number of anilines is 1. The number of methoxy groups -OCH3 is 1. The number of carbonyl (C=O) groups excluding carboxylic acids is 2. The molecule has 0 bridgehead atoms. The Morgan fingerprint density at radius 3 is 2.00 bits per heavy atom. The summed E-state index contributed by atoms with van der Waals surface area (Å²) < 4.78 is 34.0. The highest BCUT2D eigenvalue weighted by Crippen LogP contribution is 2.25. The summed E-state index contributed by atoms with van der Waals surface area (Å²) in [5.41, 5.74) is 3.02. The van der Waals surface area contributed by atoms with E-state index in [9.17, 15) is 18.0 Å². The summed E-state index contributed by atoms with van der Waals surface area (Å²) in [4.78, 5) is 28.3. The van der Waals surface area contributed by atoms with Gasteiger partial charge in [-0.05, 0) is 69.2 Å². The third-order valence-corrected chi connectivity index (χ3v) is 8.23. The van der Waals surface area contributed by atoms with E-state index >= 15 is 0 Å². The van der Waals surface area contributed by atoms with Gasteiger partial charge in [-0.15, -0.1) is 0 Å². The Hall–Kier alpha value is -3.85. The number of sulfonamides is 1. The average Bonchev–Trinajstić information content (AvgIpc) is 2.93. The molecule has 0 saturated heterocycles. The van der Waals surface area contributed by atoms with Crippen LogP contribution < -0.4 is 14.4 Å². The molecule has 0 saturated carbocycles. The number of nitrogens with one attached hydrogen (secondary N) is 1. The Kier molecular flexibility index (Phi) is 10.1. The van der Waals surface area contributed by atoms with Gasteiger partial charge in [-0.2, -0.15) is 0 Å². The van der Waals surface area contributed by atoms with Gasteiger partial charge in [-0.1, -0.05) is 54.4 Å². The maximum absolute atomic E-state index is 13.9. The smallest absolute Gasteiger partial charge is 0.264 e. The molecular formula is C30H37N3O5S. The molecule has 0 fully saturated rings. The van der Waals surface area contributed by atoms with E-state index in [4.69, 9.17) is 4.74 Å². The standard InChI is InChI=1S/C30H37N3O5S/c1-6-19-31-30(35)24(4)32(20-25-11-15-27(38-5)16-12-25)29(34)21-33(26-13-7-22(2)8-14-26)39(36,37)28-17-9-23(3)10-18-28/h7-18,24H,6,19-21H2,1-5H3,(H,31,35)/t24-/m0/s1. The van der Waals surface area contributed by atoms with Crippen LogP contribution in [0.15, 0.2) is 77.7 Å². The van der Waals surface area contributed by atoms with Crippen molar-refractivity contribution in [2.24, 2.45) is 0 Å². The molecule has 2 amide bonds. The Morgan fingerprint density at radius 1 is 0.897 bits per heavy atom. The number of carbonyl (C=O) groups is 2. The first-order valence-corrected chi connectivity index (χ1v) is 14.4. The molecule has 0 aliphatic carbocycles. The zero-order chi connectivity index (χ0) is 28.6. The number of rotatable bonds is 12. The van der Waals surface area contributed by atoms with Crippen molar-refractivity contribution in [1.82, 2.24) is 10.2 Å². The molecule has 0 radical (unpaired) electrons. The fourth-order valence-electron chi connectivity index (χ4n) is 3.98. The van der Waals surface area contributed by atoms with Crippen LogP contribution in [0.25, 0.3) is 0 Å². The van der Waals surface area contributed by atoms with Gasteiger partial charge in [0.15, 0.2) is 0 Å². The van der Waals surface area contributed by atoms with E-state index in [-0.39, 0.29) is 17.3 Å². The summed E-state index contributed by atoms with van der Waals surface area (Å²) in [5.74, 6) is -0.136. The first kappa shape index (κ1) is 29.7. The Balaban J connectivity index is 2.00. The van der Waals surface area contributed by atoms with Crippen molar-refractivity contribution in [3.8, 4) is 5.75 Å². The summed E-state index contributed by atoms with van der Waals surface area (Å²) >= 11 is 0. The van der Waals surface area contributed by atoms with Gasteiger partial charge in [-0.25, -0.2) is 8.42 Å². The van der Waals surface area contributed by atoms with Gasteiger partial charge >= 0.3 is 0 Å². The number of amides is 2. The molecule has 3 aromatic carbocycles. The van der Waals surface area contributed by atoms with E-state index < -0.39 is 28.5 Å². The van der Waals surface area contributed by atoms with Crippen LogP contribution in [0.1, 0.15) is 37.0 Å². The topological polar surface area (TPSA) is 96.0 Å². The summed E-state index contributed by atoms with van der Waals surface area (Å²) in [5, 5.41) is 2.84. The second-order valence-corrected chi connectivity index (χ2v) is 11.4. The maximum Gasteiger partial charge on any atom is 0.264 e. The van der Waals surface area contributed by atoms with Crippen molar-refractivity contribution in [3.05, 3.63) is 89.5 Å². The number of ether oxygens (including phenoxy) is 1. The van der Waals surface area contributed by atoms with Crippen LogP contribution in [0.3, 0.4) is 0 Å². The normalized spacial score (nSPS) is 11.9. The van der Waals surface area contributed by atoms with E-state index in [1.807, 2.05) is 32.9 Å². The van der Waals surface area contributed by atoms with Crippen molar-refractivity contribution in [2.75, 3.05) is 24.5 Å². The summed E-state index contributed by atoms with van der Waals surface area (Å²) in [7, 11) is -2.52. The van der Waals surface area contributed by atoms with Crippen LogP contribution in [-0.2, 0) is 26.2 Å². The monoisotopic (exact) mass is 551 g/mol. The minimum Gasteiger partial charge on any atom is -0.497 e. The van der Waals surface area contributed by atoms with E-state index in [2.05, 4.69) is 5.32 Å². The molecule has 0 unspecified atom stereocenters. The fraction of sp³-hybridized carbons (Fsp3) is 0.333. The molecule has 0 aliphatic rings. The fourth-order valence-corrected chi connectivity index (χ4v) is 5.40. The van der Waals surface area contributed by atoms with Crippen molar-refractivity contribution < 1.29 is 22.7 Å². The Morgan fingerprint density at radius 2 is 1.46 bits per heavy atom. The third-order valence-electron chi connectivity index (χ3n) is 6.44. The molecule has 8 nitrogen and oxygen atoms in total. The molecule has 0 aromatic heterocycles. The second kappa shape index (κ2) is 13.3. The lowest BCUT2D eigenvalue weighted by Gasteiger charge is -2.32. The van der Waals surface area contributed by atoms with Crippen LogP contribution in [0.4, 0.5) is 5.69 Å². The van der Waals surface area contributed by atoms with Crippen molar-refractivity contribution >= 4 is 27.5 Å². The lowest BCUT2D eigenvalue weighted by molar-refractivity contribution is -0.139. The van der Waals surface area contributed by atoms with E-state index in [0.29, 0.717) is 18.0 Å². The number of hydrogen-bond donors (Lipinski definition) is 1. The van der Waals surface area contributed by atoms with E-state index in [0.717, 1.165) is 27.4 Å². The molecule has 9 heteroatoms. The number of aryl methyl sites for hydroxylation is 2. The molecule has 0 spiro atoms. The summed E-state index contributed by atoms with van der Waals surface area (Å²) in [6.07, 6.45) is 0.751. The summed E-state index contributed by atoms with van der Waals surface area (Å²) in [6, 6.07) is 19.8. The predicted octanol–water partition coefficient (Wildman–Crippen LogP) is 4.45. The van der Waals surface area contributed by atoms with Crippen molar-refractivity contribution in [1.29, 1.82) is 0 Å². The number of hydrogen-bond acceptors (Lipinski definition) is 5. The summed E-state index contributed by atoms with van der Waals surface area (Å²) in [6.45, 7) is 7.50. The van der Waals surface area contributed by atoms with Gasteiger partial charge in [0.05, 0.1) is 17.7 Å². The molecule has 1 N–H and O–H groups in total. The van der Waals surface area contributed by atoms with Crippen LogP contribution in [0, 0.1) is 13.8 Å². The van der Waals surface area contributed by atoms with Gasteiger partial charge in [0.2, 0.25) is 11.8 Å². The SMILES string of the molecule is CCCNC(=O)[C@H](C)N(Cc1ccc(OC)cc1)C(=O)CN(c1ccc(C)cc1)S(=O)(=O)c1ccc(C)cc1. The zero-order valence-electron chi connectivity index (χ0n) is 23.2. The highest BCUT2D eigenvalue weighted by molar-refractivity contribution is 7.92. The third kappa shape index (κ3) is 7.60. The predicted molar refractivity (Wildman–Crippen MR) is 153 cm³/mol. The Labute approximate surface area is 231 Å². The van der Waals surface area contributed by atoms with Gasteiger partial charge in [-0.3, -0.25) is 13.9 Å². The largest absolute Gasteiger partial charge is 0.497 e. The number of benzene rings is 3. The highest BCUT2D eigenvalue weighted by Gasteiger charge is 2.32. The van der Waals surface area contributed by atoms with Crippen molar-refractivity contribution in [2.45, 2.75) is 51.6 Å². The quantitative estimate of drug-likeness (QED) is 0.359.